The first-order valence-electron chi connectivity index (χ1n) is 10.4. The molecule has 0 aliphatic heterocycles. The summed E-state index contributed by atoms with van der Waals surface area (Å²) >= 11 is 0. The Bertz CT molecular complexity index is 959. The van der Waals surface area contributed by atoms with E-state index in [0.29, 0.717) is 5.56 Å². The van der Waals surface area contributed by atoms with Crippen LogP contribution in [0.3, 0.4) is 0 Å². The van der Waals surface area contributed by atoms with Crippen LogP contribution in [0.1, 0.15) is 60.5 Å². The van der Waals surface area contributed by atoms with Crippen molar-refractivity contribution < 1.29 is 4.79 Å². The normalized spacial score (nSPS) is 16.0. The number of amides is 1. The molecule has 0 spiro atoms. The van der Waals surface area contributed by atoms with Gasteiger partial charge in [-0.2, -0.15) is 0 Å². The molecule has 0 radical (unpaired) electrons. The van der Waals surface area contributed by atoms with Crippen LogP contribution in [0.4, 0.5) is 0 Å². The quantitative estimate of drug-likeness (QED) is 0.645. The van der Waals surface area contributed by atoms with Crippen LogP contribution in [0.25, 0.3) is 10.9 Å². The highest BCUT2D eigenvalue weighted by Gasteiger charge is 2.34. The van der Waals surface area contributed by atoms with Gasteiger partial charge in [0, 0.05) is 17.1 Å². The predicted octanol–water partition coefficient (Wildman–Crippen LogP) is 5.47. The van der Waals surface area contributed by atoms with Crippen LogP contribution in [0.5, 0.6) is 0 Å². The van der Waals surface area contributed by atoms with Crippen LogP contribution in [-0.4, -0.2) is 16.4 Å². The average Bonchev–Trinajstić information content (AvgIpc) is 2.74. The maximum absolute atomic E-state index is 13.2. The van der Waals surface area contributed by atoms with E-state index in [1.165, 1.54) is 30.4 Å². The number of hydrogen-bond donors (Lipinski definition) is 1. The van der Waals surface area contributed by atoms with E-state index in [1.54, 1.807) is 6.20 Å². The summed E-state index contributed by atoms with van der Waals surface area (Å²) in [6.45, 7) is 2.13. The maximum atomic E-state index is 13.2. The van der Waals surface area contributed by atoms with Crippen molar-refractivity contribution in [1.29, 1.82) is 0 Å². The Hall–Kier alpha value is -2.68. The first kappa shape index (κ1) is 18.7. The zero-order chi connectivity index (χ0) is 19.4. The van der Waals surface area contributed by atoms with Crippen LogP contribution in [0, 0.1) is 0 Å². The summed E-state index contributed by atoms with van der Waals surface area (Å²) in [5, 5.41) is 4.45. The molecule has 3 heteroatoms. The minimum atomic E-state index is -0.156. The highest BCUT2D eigenvalue weighted by atomic mass is 16.1. The lowest BCUT2D eigenvalue weighted by Crippen LogP contribution is -2.51. The molecule has 1 aliphatic carbocycles. The maximum Gasteiger partial charge on any atom is 0.253 e. The molecule has 3 aromatic rings. The predicted molar refractivity (Wildman–Crippen MR) is 115 cm³/mol. The smallest absolute Gasteiger partial charge is 0.253 e. The molecule has 1 heterocycles. The Morgan fingerprint density at radius 1 is 1.04 bits per heavy atom. The summed E-state index contributed by atoms with van der Waals surface area (Å²) in [7, 11) is 0. The number of aryl methyl sites for hydroxylation is 1. The number of nitrogens with one attached hydrogen (secondary N) is 1. The molecule has 1 fully saturated rings. The fourth-order valence-electron chi connectivity index (χ4n) is 4.51. The Kier molecular flexibility index (Phi) is 5.43. The number of benzene rings is 2. The topological polar surface area (TPSA) is 42.0 Å². The molecule has 1 aromatic heterocycles. The molecule has 28 heavy (non-hydrogen) atoms. The lowest BCUT2D eigenvalue weighted by Gasteiger charge is -2.38. The SMILES string of the molecule is CCc1cccc2cc(C(=O)NC3(Cc4ccccc4)CCCCC3)cnc12. The minimum absolute atomic E-state index is 0.00543. The lowest BCUT2D eigenvalue weighted by molar-refractivity contribution is 0.0868. The molecule has 0 atom stereocenters. The van der Waals surface area contributed by atoms with Gasteiger partial charge in [-0.1, -0.05) is 74.7 Å². The number of rotatable bonds is 5. The number of pyridine rings is 1. The Morgan fingerprint density at radius 2 is 1.82 bits per heavy atom. The van der Waals surface area contributed by atoms with Gasteiger partial charge in [-0.25, -0.2) is 0 Å². The number of fused-ring (bicyclic) bond motifs is 1. The van der Waals surface area contributed by atoms with E-state index in [9.17, 15) is 4.79 Å². The molecule has 3 nitrogen and oxygen atoms in total. The second-order valence-electron chi connectivity index (χ2n) is 8.02. The van der Waals surface area contributed by atoms with Gasteiger partial charge >= 0.3 is 0 Å². The van der Waals surface area contributed by atoms with Gasteiger partial charge in [0.15, 0.2) is 0 Å². The molecule has 1 amide bonds. The lowest BCUT2D eigenvalue weighted by atomic mass is 9.77. The van der Waals surface area contributed by atoms with Crippen molar-refractivity contribution in [2.24, 2.45) is 0 Å². The summed E-state index contributed by atoms with van der Waals surface area (Å²) in [6, 6.07) is 18.7. The van der Waals surface area contributed by atoms with E-state index in [4.69, 9.17) is 0 Å². The van der Waals surface area contributed by atoms with E-state index in [1.807, 2.05) is 24.3 Å². The molecule has 0 bridgehead atoms. The summed E-state index contributed by atoms with van der Waals surface area (Å²) in [6.07, 6.45) is 9.23. The van der Waals surface area contributed by atoms with Crippen molar-refractivity contribution in [3.63, 3.8) is 0 Å². The number of para-hydroxylation sites is 1. The number of aromatic nitrogens is 1. The van der Waals surface area contributed by atoms with Gasteiger partial charge in [-0.3, -0.25) is 9.78 Å². The van der Waals surface area contributed by atoms with Crippen molar-refractivity contribution in [1.82, 2.24) is 10.3 Å². The molecule has 1 aliphatic rings. The molecule has 1 N–H and O–H groups in total. The molecular weight excluding hydrogens is 344 g/mol. The fraction of sp³-hybridized carbons (Fsp3) is 0.360. The molecule has 2 aromatic carbocycles. The largest absolute Gasteiger partial charge is 0.346 e. The summed E-state index contributed by atoms with van der Waals surface area (Å²) in [4.78, 5) is 17.8. The first-order valence-corrected chi connectivity index (χ1v) is 10.4. The minimum Gasteiger partial charge on any atom is -0.346 e. The fourth-order valence-corrected chi connectivity index (χ4v) is 4.51. The van der Waals surface area contributed by atoms with Gasteiger partial charge in [-0.05, 0) is 42.9 Å². The van der Waals surface area contributed by atoms with E-state index in [2.05, 4.69) is 47.6 Å². The molecule has 0 unspecified atom stereocenters. The third-order valence-corrected chi connectivity index (χ3v) is 6.01. The zero-order valence-corrected chi connectivity index (χ0v) is 16.6. The van der Waals surface area contributed by atoms with Gasteiger partial charge in [0.25, 0.3) is 5.91 Å². The van der Waals surface area contributed by atoms with Gasteiger partial charge in [0.05, 0.1) is 11.1 Å². The Morgan fingerprint density at radius 3 is 2.57 bits per heavy atom. The van der Waals surface area contributed by atoms with Crippen molar-refractivity contribution >= 4 is 16.8 Å². The average molecular weight is 373 g/mol. The first-order chi connectivity index (χ1) is 13.7. The third kappa shape index (κ3) is 3.94. The molecule has 1 saturated carbocycles. The molecular formula is C25H28N2O. The van der Waals surface area contributed by atoms with Crippen LogP contribution in [0.15, 0.2) is 60.8 Å². The van der Waals surface area contributed by atoms with Crippen LogP contribution >= 0.6 is 0 Å². The number of nitrogens with zero attached hydrogens (tertiary/aromatic N) is 1. The van der Waals surface area contributed by atoms with Crippen LogP contribution in [-0.2, 0) is 12.8 Å². The zero-order valence-electron chi connectivity index (χ0n) is 16.6. The summed E-state index contributed by atoms with van der Waals surface area (Å²) in [5.74, 6) is -0.00543. The van der Waals surface area contributed by atoms with E-state index < -0.39 is 0 Å². The standard InChI is InChI=1S/C25H28N2O/c1-2-20-12-9-13-21-16-22(18-26-23(20)21)24(28)27-25(14-7-4-8-15-25)17-19-10-5-3-6-11-19/h3,5-6,9-13,16,18H,2,4,7-8,14-15,17H2,1H3,(H,27,28). The van der Waals surface area contributed by atoms with E-state index in [-0.39, 0.29) is 11.4 Å². The van der Waals surface area contributed by atoms with Gasteiger partial charge in [0.1, 0.15) is 0 Å². The van der Waals surface area contributed by atoms with Gasteiger partial charge in [-0.15, -0.1) is 0 Å². The van der Waals surface area contributed by atoms with E-state index >= 15 is 0 Å². The summed E-state index contributed by atoms with van der Waals surface area (Å²) < 4.78 is 0. The monoisotopic (exact) mass is 372 g/mol. The summed E-state index contributed by atoms with van der Waals surface area (Å²) in [5.41, 5.74) is 4.00. The highest BCUT2D eigenvalue weighted by molar-refractivity contribution is 5.98. The Balaban J connectivity index is 1.60. The third-order valence-electron chi connectivity index (χ3n) is 6.01. The van der Waals surface area contributed by atoms with Crippen LogP contribution in [0.2, 0.25) is 0 Å². The van der Waals surface area contributed by atoms with Crippen LogP contribution < -0.4 is 5.32 Å². The molecule has 4 rings (SSSR count). The Labute approximate surface area is 167 Å². The number of carbonyl (C=O) groups excluding carboxylic acids is 1. The molecule has 144 valence electrons. The van der Waals surface area contributed by atoms with Crippen molar-refractivity contribution in [3.05, 3.63) is 77.5 Å². The van der Waals surface area contributed by atoms with Crippen molar-refractivity contribution in [2.45, 2.75) is 57.4 Å². The number of hydrogen-bond acceptors (Lipinski definition) is 2. The second-order valence-corrected chi connectivity index (χ2v) is 8.02. The van der Waals surface area contributed by atoms with Crippen molar-refractivity contribution in [3.8, 4) is 0 Å². The highest BCUT2D eigenvalue weighted by Crippen LogP contribution is 2.32. The van der Waals surface area contributed by atoms with Crippen molar-refractivity contribution in [2.75, 3.05) is 0 Å². The number of carbonyl (C=O) groups is 1. The van der Waals surface area contributed by atoms with E-state index in [0.717, 1.165) is 36.6 Å². The second kappa shape index (κ2) is 8.14. The van der Waals surface area contributed by atoms with Gasteiger partial charge in [0.2, 0.25) is 0 Å². The van der Waals surface area contributed by atoms with Gasteiger partial charge < -0.3 is 5.32 Å². The molecule has 0 saturated heterocycles.